The average Bonchev–Trinajstić information content (AvgIpc) is 2.84. The molecular formula is C11H17N3O4. The second-order valence-corrected chi connectivity index (χ2v) is 4.49. The number of carbonyl (C=O) groups is 3. The molecule has 2 aliphatic rings. The number of nitrogens with one attached hydrogen (secondary N) is 1. The Morgan fingerprint density at radius 2 is 1.83 bits per heavy atom. The third-order valence-electron chi connectivity index (χ3n) is 3.35. The SMILES string of the molecule is COC(=O)N1CCN(C(=O)C2CNC(=O)C2)CC1. The van der Waals surface area contributed by atoms with Gasteiger partial charge in [-0.05, 0) is 0 Å². The van der Waals surface area contributed by atoms with Crippen molar-refractivity contribution in [3.8, 4) is 0 Å². The van der Waals surface area contributed by atoms with Crippen molar-refractivity contribution >= 4 is 17.9 Å². The van der Waals surface area contributed by atoms with E-state index >= 15 is 0 Å². The topological polar surface area (TPSA) is 79.0 Å². The quantitative estimate of drug-likeness (QED) is 0.654. The summed E-state index contributed by atoms with van der Waals surface area (Å²) in [5, 5.41) is 2.65. The van der Waals surface area contributed by atoms with Crippen LogP contribution in [0.25, 0.3) is 0 Å². The summed E-state index contributed by atoms with van der Waals surface area (Å²) >= 11 is 0. The molecule has 2 heterocycles. The highest BCUT2D eigenvalue weighted by Gasteiger charge is 2.33. The number of amides is 3. The zero-order valence-corrected chi connectivity index (χ0v) is 10.3. The van der Waals surface area contributed by atoms with E-state index in [0.29, 0.717) is 32.7 Å². The van der Waals surface area contributed by atoms with E-state index in [4.69, 9.17) is 0 Å². The summed E-state index contributed by atoms with van der Waals surface area (Å²) in [6.45, 7) is 2.38. The lowest BCUT2D eigenvalue weighted by atomic mass is 10.1. The zero-order valence-electron chi connectivity index (χ0n) is 10.3. The molecule has 0 saturated carbocycles. The molecule has 7 nitrogen and oxygen atoms in total. The minimum Gasteiger partial charge on any atom is -0.453 e. The van der Waals surface area contributed by atoms with Crippen molar-refractivity contribution in [2.24, 2.45) is 5.92 Å². The Labute approximate surface area is 105 Å². The maximum absolute atomic E-state index is 12.1. The molecule has 18 heavy (non-hydrogen) atoms. The molecule has 2 fully saturated rings. The lowest BCUT2D eigenvalue weighted by Gasteiger charge is -2.34. The molecule has 2 saturated heterocycles. The number of hydrogen-bond donors (Lipinski definition) is 1. The van der Waals surface area contributed by atoms with Crippen LogP contribution in [0.4, 0.5) is 4.79 Å². The molecule has 1 unspecified atom stereocenters. The van der Waals surface area contributed by atoms with Crippen molar-refractivity contribution in [2.75, 3.05) is 39.8 Å². The molecule has 7 heteroatoms. The summed E-state index contributed by atoms with van der Waals surface area (Å²) in [6.07, 6.45) is -0.0874. The monoisotopic (exact) mass is 255 g/mol. The van der Waals surface area contributed by atoms with Gasteiger partial charge in [0.15, 0.2) is 0 Å². The summed E-state index contributed by atoms with van der Waals surface area (Å²) in [5.41, 5.74) is 0. The van der Waals surface area contributed by atoms with Gasteiger partial charge in [0.2, 0.25) is 11.8 Å². The van der Waals surface area contributed by atoms with Crippen LogP contribution in [-0.4, -0.2) is 67.5 Å². The number of piperazine rings is 1. The van der Waals surface area contributed by atoms with E-state index in [0.717, 1.165) is 0 Å². The van der Waals surface area contributed by atoms with Gasteiger partial charge in [-0.2, -0.15) is 0 Å². The summed E-state index contributed by atoms with van der Waals surface area (Å²) in [7, 11) is 1.34. The molecule has 0 aromatic rings. The van der Waals surface area contributed by atoms with Gasteiger partial charge in [0, 0.05) is 39.1 Å². The number of methoxy groups -OCH3 is 1. The molecule has 0 bridgehead atoms. The summed E-state index contributed by atoms with van der Waals surface area (Å²) in [5.74, 6) is -0.318. The van der Waals surface area contributed by atoms with Crippen LogP contribution >= 0.6 is 0 Å². The average molecular weight is 255 g/mol. The van der Waals surface area contributed by atoms with Gasteiger partial charge in [-0.25, -0.2) is 4.79 Å². The Morgan fingerprint density at radius 3 is 2.33 bits per heavy atom. The van der Waals surface area contributed by atoms with E-state index in [1.165, 1.54) is 7.11 Å². The zero-order chi connectivity index (χ0) is 13.1. The van der Waals surface area contributed by atoms with E-state index < -0.39 is 0 Å². The molecular weight excluding hydrogens is 238 g/mol. The minimum atomic E-state index is -0.361. The molecule has 0 aromatic heterocycles. The largest absolute Gasteiger partial charge is 0.453 e. The third kappa shape index (κ3) is 2.55. The first-order valence-electron chi connectivity index (χ1n) is 6.00. The van der Waals surface area contributed by atoms with E-state index in [9.17, 15) is 14.4 Å². The van der Waals surface area contributed by atoms with Gasteiger partial charge in [-0.1, -0.05) is 0 Å². The number of ether oxygens (including phenoxy) is 1. The van der Waals surface area contributed by atoms with Gasteiger partial charge in [-0.3, -0.25) is 9.59 Å². The van der Waals surface area contributed by atoms with Crippen LogP contribution in [-0.2, 0) is 14.3 Å². The van der Waals surface area contributed by atoms with Gasteiger partial charge in [0.1, 0.15) is 0 Å². The van der Waals surface area contributed by atoms with Crippen molar-refractivity contribution in [3.05, 3.63) is 0 Å². The maximum Gasteiger partial charge on any atom is 0.409 e. The molecule has 100 valence electrons. The highest BCUT2D eigenvalue weighted by atomic mass is 16.5. The molecule has 0 aromatic carbocycles. The van der Waals surface area contributed by atoms with Crippen LogP contribution in [0, 0.1) is 5.92 Å². The van der Waals surface area contributed by atoms with E-state index in [1.807, 2.05) is 0 Å². The molecule has 1 atom stereocenters. The molecule has 2 rings (SSSR count). The smallest absolute Gasteiger partial charge is 0.409 e. The normalized spacial score (nSPS) is 23.8. The number of nitrogens with zero attached hydrogens (tertiary/aromatic N) is 2. The standard InChI is InChI=1S/C11H17N3O4/c1-18-11(17)14-4-2-13(3-5-14)10(16)8-6-9(15)12-7-8/h8H,2-7H2,1H3,(H,12,15). The van der Waals surface area contributed by atoms with Crippen LogP contribution in [0.2, 0.25) is 0 Å². The molecule has 2 aliphatic heterocycles. The Kier molecular flexibility index (Phi) is 3.69. The lowest BCUT2D eigenvalue weighted by Crippen LogP contribution is -2.52. The fourth-order valence-electron chi connectivity index (χ4n) is 2.28. The highest BCUT2D eigenvalue weighted by molar-refractivity contribution is 5.89. The van der Waals surface area contributed by atoms with Crippen molar-refractivity contribution < 1.29 is 19.1 Å². The fourth-order valence-corrected chi connectivity index (χ4v) is 2.28. The Morgan fingerprint density at radius 1 is 1.22 bits per heavy atom. The number of hydrogen-bond acceptors (Lipinski definition) is 4. The predicted molar refractivity (Wildman–Crippen MR) is 61.7 cm³/mol. The van der Waals surface area contributed by atoms with Crippen molar-refractivity contribution in [3.63, 3.8) is 0 Å². The van der Waals surface area contributed by atoms with E-state index in [2.05, 4.69) is 10.1 Å². The fraction of sp³-hybridized carbons (Fsp3) is 0.727. The predicted octanol–water partition coefficient (Wildman–Crippen LogP) is -0.967. The maximum atomic E-state index is 12.1. The molecule has 0 spiro atoms. The Hall–Kier alpha value is -1.79. The molecule has 0 aliphatic carbocycles. The molecule has 0 radical (unpaired) electrons. The Bertz CT molecular complexity index is 363. The first-order chi connectivity index (χ1) is 8.61. The van der Waals surface area contributed by atoms with Crippen molar-refractivity contribution in [2.45, 2.75) is 6.42 Å². The van der Waals surface area contributed by atoms with E-state index in [1.54, 1.807) is 9.80 Å². The highest BCUT2D eigenvalue weighted by Crippen LogP contribution is 2.14. The Balaban J connectivity index is 1.84. The van der Waals surface area contributed by atoms with Gasteiger partial charge in [0.25, 0.3) is 0 Å². The first kappa shape index (κ1) is 12.7. The number of carbonyl (C=O) groups excluding carboxylic acids is 3. The minimum absolute atomic E-state index is 0.00198. The molecule has 1 N–H and O–H groups in total. The summed E-state index contributed by atoms with van der Waals surface area (Å²) in [6, 6.07) is 0. The molecule has 3 amide bonds. The summed E-state index contributed by atoms with van der Waals surface area (Å²) in [4.78, 5) is 37.7. The second-order valence-electron chi connectivity index (χ2n) is 4.49. The van der Waals surface area contributed by atoms with Gasteiger partial charge >= 0.3 is 6.09 Å². The van der Waals surface area contributed by atoms with Crippen LogP contribution < -0.4 is 5.32 Å². The van der Waals surface area contributed by atoms with Gasteiger partial charge in [0.05, 0.1) is 13.0 Å². The second kappa shape index (κ2) is 5.24. The van der Waals surface area contributed by atoms with Crippen LogP contribution in [0.1, 0.15) is 6.42 Å². The van der Waals surface area contributed by atoms with Crippen molar-refractivity contribution in [1.82, 2.24) is 15.1 Å². The van der Waals surface area contributed by atoms with E-state index in [-0.39, 0.29) is 30.2 Å². The summed E-state index contributed by atoms with van der Waals surface area (Å²) < 4.78 is 4.63. The lowest BCUT2D eigenvalue weighted by molar-refractivity contribution is -0.137. The van der Waals surface area contributed by atoms with Crippen LogP contribution in [0.3, 0.4) is 0 Å². The van der Waals surface area contributed by atoms with Crippen molar-refractivity contribution in [1.29, 1.82) is 0 Å². The van der Waals surface area contributed by atoms with Gasteiger partial charge < -0.3 is 19.9 Å². The third-order valence-corrected chi connectivity index (χ3v) is 3.35. The van der Waals surface area contributed by atoms with Gasteiger partial charge in [-0.15, -0.1) is 0 Å². The first-order valence-corrected chi connectivity index (χ1v) is 6.00. The van der Waals surface area contributed by atoms with Crippen LogP contribution in [0.5, 0.6) is 0 Å². The van der Waals surface area contributed by atoms with Crippen LogP contribution in [0.15, 0.2) is 0 Å². The number of rotatable bonds is 1.